The van der Waals surface area contributed by atoms with Gasteiger partial charge in [-0.25, -0.2) is 19.2 Å². The Labute approximate surface area is 273 Å². The van der Waals surface area contributed by atoms with Crippen molar-refractivity contribution < 1.29 is 19.0 Å². The van der Waals surface area contributed by atoms with E-state index in [0.717, 1.165) is 42.9 Å². The zero-order valence-corrected chi connectivity index (χ0v) is 27.7. The van der Waals surface area contributed by atoms with Crippen molar-refractivity contribution in [1.29, 1.82) is 0 Å². The fourth-order valence-corrected chi connectivity index (χ4v) is 8.83. The highest BCUT2D eigenvalue weighted by Crippen LogP contribution is 2.69. The lowest BCUT2D eigenvalue weighted by Gasteiger charge is -2.72. The molecule has 5 fully saturated rings. The molecule has 1 N–H and O–H groups in total. The van der Waals surface area contributed by atoms with Crippen molar-refractivity contribution in [3.05, 3.63) is 59.1 Å². The van der Waals surface area contributed by atoms with Crippen LogP contribution in [0.1, 0.15) is 58.7 Å². The van der Waals surface area contributed by atoms with Crippen LogP contribution in [0.25, 0.3) is 32.8 Å². The summed E-state index contributed by atoms with van der Waals surface area (Å²) in [6.07, 6.45) is 4.27. The van der Waals surface area contributed by atoms with Gasteiger partial charge in [0.25, 0.3) is 0 Å². The molecule has 3 aliphatic carbocycles. The van der Waals surface area contributed by atoms with E-state index in [-0.39, 0.29) is 51.0 Å². The lowest BCUT2D eigenvalue weighted by Crippen LogP contribution is -2.75. The van der Waals surface area contributed by atoms with Gasteiger partial charge in [0.2, 0.25) is 0 Å². The number of phenolic OH excluding ortho intramolecular Hbond substituents is 1. The van der Waals surface area contributed by atoms with Gasteiger partial charge in [0.15, 0.2) is 5.82 Å². The van der Waals surface area contributed by atoms with E-state index in [4.69, 9.17) is 26.3 Å². The molecule has 4 aromatic rings. The van der Waals surface area contributed by atoms with E-state index in [9.17, 15) is 9.90 Å². The SMILES string of the molecule is CN(C)C12CC(c3nc(N4CC5CCC(C4)N5C(=O)OC(C)(C)C)c4cc(Cl)c(-c5cc(O)cc6ccccc56)c(F)c4n3)(C1)C2. The Morgan fingerprint density at radius 2 is 1.72 bits per heavy atom. The molecule has 3 heterocycles. The first-order valence-corrected chi connectivity index (χ1v) is 16.5. The molecule has 3 saturated carbocycles. The molecule has 1 aromatic heterocycles. The fourth-order valence-electron chi connectivity index (χ4n) is 8.54. The standard InChI is InChI=1S/C36H39ClFN5O3/c1-34(2,3)46-33(45)43-21-10-11-22(43)16-42(15-21)31-26-14-27(37)28(25-13-23(44)12-20-8-6-7-9-24(20)25)29(38)30(26)39-32(40-31)35-17-36(18-35,19-35)41(4)5/h6-9,12-14,21-22,44H,10-11,15-19H2,1-5H3. The van der Waals surface area contributed by atoms with Crippen LogP contribution in [0.15, 0.2) is 42.5 Å². The third kappa shape index (κ3) is 4.38. The van der Waals surface area contributed by atoms with E-state index < -0.39 is 11.4 Å². The van der Waals surface area contributed by atoms with Crippen LogP contribution in [-0.2, 0) is 10.2 Å². The maximum atomic E-state index is 17.1. The number of halogens is 2. The predicted molar refractivity (Wildman–Crippen MR) is 178 cm³/mol. The van der Waals surface area contributed by atoms with Crippen molar-refractivity contribution in [1.82, 2.24) is 19.8 Å². The Morgan fingerprint density at radius 3 is 2.37 bits per heavy atom. The minimum atomic E-state index is -0.578. The van der Waals surface area contributed by atoms with Gasteiger partial charge in [-0.1, -0.05) is 35.9 Å². The first-order valence-electron chi connectivity index (χ1n) is 16.1. The van der Waals surface area contributed by atoms with Gasteiger partial charge < -0.3 is 19.6 Å². The van der Waals surface area contributed by atoms with Gasteiger partial charge in [-0.2, -0.15) is 0 Å². The van der Waals surface area contributed by atoms with Crippen LogP contribution in [0.3, 0.4) is 0 Å². The highest BCUT2D eigenvalue weighted by molar-refractivity contribution is 6.35. The molecule has 5 aliphatic rings. The van der Waals surface area contributed by atoms with Crippen LogP contribution in [0.5, 0.6) is 5.75 Å². The maximum Gasteiger partial charge on any atom is 0.410 e. The molecule has 2 saturated heterocycles. The first-order chi connectivity index (χ1) is 21.8. The summed E-state index contributed by atoms with van der Waals surface area (Å²) in [5.41, 5.74) is 0.356. The lowest BCUT2D eigenvalue weighted by atomic mass is 9.38. The lowest BCUT2D eigenvalue weighted by molar-refractivity contribution is -0.155. The number of anilines is 1. The number of hydrogen-bond donors (Lipinski definition) is 1. The quantitative estimate of drug-likeness (QED) is 0.250. The number of nitrogens with zero attached hydrogens (tertiary/aromatic N) is 5. The molecular weight excluding hydrogens is 605 g/mol. The van der Waals surface area contributed by atoms with Gasteiger partial charge in [0, 0.05) is 35.0 Å². The van der Waals surface area contributed by atoms with E-state index in [0.29, 0.717) is 35.7 Å². The second kappa shape index (κ2) is 9.91. The number of hydrogen-bond acceptors (Lipinski definition) is 7. The van der Waals surface area contributed by atoms with Crippen molar-refractivity contribution in [3.8, 4) is 16.9 Å². The van der Waals surface area contributed by atoms with Crippen LogP contribution < -0.4 is 4.90 Å². The van der Waals surface area contributed by atoms with Gasteiger partial charge in [0.1, 0.15) is 28.5 Å². The van der Waals surface area contributed by atoms with E-state index in [2.05, 4.69) is 23.9 Å². The summed E-state index contributed by atoms with van der Waals surface area (Å²) in [5, 5.41) is 12.9. The molecule has 0 radical (unpaired) electrons. The van der Waals surface area contributed by atoms with Crippen LogP contribution in [0.2, 0.25) is 5.02 Å². The summed E-state index contributed by atoms with van der Waals surface area (Å²) in [6.45, 7) is 6.78. The molecule has 10 heteroatoms. The molecule has 8 nitrogen and oxygen atoms in total. The summed E-state index contributed by atoms with van der Waals surface area (Å²) < 4.78 is 22.8. The van der Waals surface area contributed by atoms with Crippen LogP contribution in [-0.4, -0.2) is 81.4 Å². The summed E-state index contributed by atoms with van der Waals surface area (Å²) in [7, 11) is 4.23. The molecule has 9 rings (SSSR count). The summed E-state index contributed by atoms with van der Waals surface area (Å²) in [5.74, 6) is 0.855. The number of phenols is 1. The molecule has 0 spiro atoms. The smallest absolute Gasteiger partial charge is 0.410 e. The monoisotopic (exact) mass is 643 g/mol. The largest absolute Gasteiger partial charge is 0.508 e. The Balaban J connectivity index is 1.26. The Hall–Kier alpha value is -3.69. The number of aromatic nitrogens is 2. The number of carbonyl (C=O) groups is 1. The molecule has 2 unspecified atom stereocenters. The molecule has 4 bridgehead atoms. The highest BCUT2D eigenvalue weighted by Gasteiger charge is 2.71. The van der Waals surface area contributed by atoms with Crippen molar-refractivity contribution in [2.45, 2.75) is 81.5 Å². The van der Waals surface area contributed by atoms with E-state index in [1.54, 1.807) is 18.2 Å². The average Bonchev–Trinajstić information content (AvgIpc) is 3.20. The van der Waals surface area contributed by atoms with E-state index >= 15 is 4.39 Å². The number of rotatable bonds is 4. The molecule has 240 valence electrons. The fraction of sp³-hybridized carbons (Fsp3) is 0.472. The first kappa shape index (κ1) is 29.7. The molecule has 46 heavy (non-hydrogen) atoms. The van der Waals surface area contributed by atoms with Crippen molar-refractivity contribution in [2.75, 3.05) is 32.1 Å². The second-order valence-electron chi connectivity index (χ2n) is 15.1. The third-order valence-corrected chi connectivity index (χ3v) is 11.1. The summed E-state index contributed by atoms with van der Waals surface area (Å²) >= 11 is 6.96. The van der Waals surface area contributed by atoms with Crippen LogP contribution in [0.4, 0.5) is 15.0 Å². The molecular formula is C36H39ClFN5O3. The Kier molecular flexibility index (Phi) is 6.40. The van der Waals surface area contributed by atoms with Gasteiger partial charge in [-0.15, -0.1) is 0 Å². The van der Waals surface area contributed by atoms with Crippen LogP contribution in [0, 0.1) is 5.82 Å². The van der Waals surface area contributed by atoms with E-state index in [1.165, 1.54) is 0 Å². The van der Waals surface area contributed by atoms with Crippen molar-refractivity contribution >= 4 is 45.2 Å². The molecule has 2 aliphatic heterocycles. The molecule has 3 aromatic carbocycles. The third-order valence-electron chi connectivity index (χ3n) is 10.8. The van der Waals surface area contributed by atoms with Gasteiger partial charge in [-0.3, -0.25) is 4.90 Å². The molecule has 1 amide bonds. The van der Waals surface area contributed by atoms with Gasteiger partial charge in [0.05, 0.1) is 17.1 Å². The number of fused-ring (bicyclic) bond motifs is 4. The van der Waals surface area contributed by atoms with Gasteiger partial charge in [-0.05, 0) is 102 Å². The summed E-state index contributed by atoms with van der Waals surface area (Å²) in [6, 6.07) is 12.5. The Bertz CT molecular complexity index is 1910. The minimum absolute atomic E-state index is 0.0349. The zero-order chi connectivity index (χ0) is 32.3. The minimum Gasteiger partial charge on any atom is -0.508 e. The number of amides is 1. The summed E-state index contributed by atoms with van der Waals surface area (Å²) in [4.78, 5) is 29.8. The van der Waals surface area contributed by atoms with Crippen molar-refractivity contribution in [2.24, 2.45) is 0 Å². The number of piperazine rings is 1. The zero-order valence-electron chi connectivity index (χ0n) is 26.9. The molecule has 2 atom stereocenters. The maximum absolute atomic E-state index is 17.1. The Morgan fingerprint density at radius 1 is 1.04 bits per heavy atom. The number of carbonyl (C=O) groups excluding carboxylic acids is 1. The highest BCUT2D eigenvalue weighted by atomic mass is 35.5. The number of aromatic hydroxyl groups is 1. The van der Waals surface area contributed by atoms with E-state index in [1.807, 2.05) is 49.9 Å². The van der Waals surface area contributed by atoms with Crippen molar-refractivity contribution in [3.63, 3.8) is 0 Å². The topological polar surface area (TPSA) is 82.0 Å². The number of ether oxygens (including phenoxy) is 1. The second-order valence-corrected chi connectivity index (χ2v) is 15.5. The van der Waals surface area contributed by atoms with Gasteiger partial charge >= 0.3 is 6.09 Å². The average molecular weight is 644 g/mol. The predicted octanol–water partition coefficient (Wildman–Crippen LogP) is 7.27. The number of benzene rings is 3. The normalized spacial score (nSPS) is 26.9. The van der Waals surface area contributed by atoms with Crippen LogP contribution >= 0.6 is 11.6 Å².